The van der Waals surface area contributed by atoms with Crippen LogP contribution in [0.1, 0.15) is 25.0 Å². The van der Waals surface area contributed by atoms with Crippen molar-refractivity contribution in [2.24, 2.45) is 0 Å². The van der Waals surface area contributed by atoms with Crippen LogP contribution >= 0.6 is 15.9 Å². The number of pyridine rings is 1. The smallest absolute Gasteiger partial charge is 0.129 e. The third-order valence-corrected chi connectivity index (χ3v) is 3.90. The van der Waals surface area contributed by atoms with E-state index < -0.39 is 0 Å². The minimum absolute atomic E-state index is 0.0132. The maximum atomic E-state index is 5.72. The van der Waals surface area contributed by atoms with Gasteiger partial charge in [0.2, 0.25) is 0 Å². The maximum Gasteiger partial charge on any atom is 0.129 e. The summed E-state index contributed by atoms with van der Waals surface area (Å²) < 4.78 is 1.10. The lowest BCUT2D eigenvalue weighted by Gasteiger charge is -2.26. The van der Waals surface area contributed by atoms with Gasteiger partial charge in [-0.2, -0.15) is 0 Å². The van der Waals surface area contributed by atoms with Gasteiger partial charge in [-0.3, -0.25) is 0 Å². The van der Waals surface area contributed by atoms with Gasteiger partial charge in [0.05, 0.1) is 11.9 Å². The molecule has 0 aliphatic rings. The minimum Gasteiger partial charge on any atom is -0.397 e. The first-order valence-electron chi connectivity index (χ1n) is 6.60. The van der Waals surface area contributed by atoms with Gasteiger partial charge in [-0.15, -0.1) is 0 Å². The Balaban J connectivity index is 2.12. The first-order chi connectivity index (χ1) is 9.38. The van der Waals surface area contributed by atoms with E-state index in [1.165, 1.54) is 5.56 Å². The van der Waals surface area contributed by atoms with Gasteiger partial charge in [0, 0.05) is 16.4 Å². The van der Waals surface area contributed by atoms with E-state index in [-0.39, 0.29) is 5.41 Å². The molecule has 4 heteroatoms. The van der Waals surface area contributed by atoms with Crippen LogP contribution in [0.15, 0.2) is 41.0 Å². The Hall–Kier alpha value is -1.55. The number of nitrogen functional groups attached to an aromatic ring is 1. The quantitative estimate of drug-likeness (QED) is 0.884. The molecule has 0 radical (unpaired) electrons. The van der Waals surface area contributed by atoms with Crippen LogP contribution in [0, 0.1) is 6.92 Å². The standard InChI is InChI=1S/C16H20BrN3/c1-11-7-14(18)9-19-15(11)20-10-16(2,3)12-5-4-6-13(17)8-12/h4-9H,10,18H2,1-3H3,(H,19,20). The van der Waals surface area contributed by atoms with E-state index in [1.54, 1.807) is 6.20 Å². The first kappa shape index (κ1) is 14.9. The fourth-order valence-electron chi connectivity index (χ4n) is 2.10. The number of halogens is 1. The highest BCUT2D eigenvalue weighted by molar-refractivity contribution is 9.10. The van der Waals surface area contributed by atoms with E-state index in [2.05, 4.69) is 58.3 Å². The molecule has 0 aliphatic heterocycles. The third kappa shape index (κ3) is 3.51. The van der Waals surface area contributed by atoms with Gasteiger partial charge >= 0.3 is 0 Å². The molecule has 0 aliphatic carbocycles. The summed E-state index contributed by atoms with van der Waals surface area (Å²) in [6, 6.07) is 10.3. The SMILES string of the molecule is Cc1cc(N)cnc1NCC(C)(C)c1cccc(Br)c1. The number of nitrogens with one attached hydrogen (secondary N) is 1. The van der Waals surface area contributed by atoms with Crippen molar-refractivity contribution in [1.82, 2.24) is 4.98 Å². The molecule has 0 atom stereocenters. The lowest BCUT2D eigenvalue weighted by atomic mass is 9.84. The number of nitrogens with two attached hydrogens (primary N) is 1. The summed E-state index contributed by atoms with van der Waals surface area (Å²) in [6.45, 7) is 7.25. The summed E-state index contributed by atoms with van der Waals surface area (Å²) in [5, 5.41) is 3.42. The zero-order valence-corrected chi connectivity index (χ0v) is 13.7. The molecule has 20 heavy (non-hydrogen) atoms. The van der Waals surface area contributed by atoms with Crippen molar-refractivity contribution < 1.29 is 0 Å². The van der Waals surface area contributed by atoms with E-state index in [4.69, 9.17) is 5.73 Å². The minimum atomic E-state index is 0.0132. The molecule has 3 nitrogen and oxygen atoms in total. The summed E-state index contributed by atoms with van der Waals surface area (Å²) in [6.07, 6.45) is 1.68. The van der Waals surface area contributed by atoms with Crippen LogP contribution in [0.5, 0.6) is 0 Å². The van der Waals surface area contributed by atoms with E-state index >= 15 is 0 Å². The van der Waals surface area contributed by atoms with Gasteiger partial charge in [-0.05, 0) is 36.2 Å². The van der Waals surface area contributed by atoms with Crippen LogP contribution in [0.25, 0.3) is 0 Å². The van der Waals surface area contributed by atoms with Gasteiger partial charge < -0.3 is 11.1 Å². The van der Waals surface area contributed by atoms with Crippen LogP contribution in [-0.2, 0) is 5.41 Å². The number of hydrogen-bond acceptors (Lipinski definition) is 3. The van der Waals surface area contributed by atoms with Crippen LogP contribution in [-0.4, -0.2) is 11.5 Å². The van der Waals surface area contributed by atoms with Crippen LogP contribution in [0.4, 0.5) is 11.5 Å². The van der Waals surface area contributed by atoms with Crippen molar-refractivity contribution in [1.29, 1.82) is 0 Å². The summed E-state index contributed by atoms with van der Waals surface area (Å²) in [4.78, 5) is 4.35. The second-order valence-electron chi connectivity index (χ2n) is 5.68. The summed E-state index contributed by atoms with van der Waals surface area (Å²) in [7, 11) is 0. The molecule has 106 valence electrons. The molecule has 1 aromatic carbocycles. The second kappa shape index (κ2) is 5.83. The Morgan fingerprint density at radius 2 is 2.05 bits per heavy atom. The molecule has 2 rings (SSSR count). The fourth-order valence-corrected chi connectivity index (χ4v) is 2.50. The van der Waals surface area contributed by atoms with Gasteiger partial charge in [0.15, 0.2) is 0 Å². The van der Waals surface area contributed by atoms with Gasteiger partial charge in [-0.1, -0.05) is 41.9 Å². The molecule has 0 amide bonds. The molecule has 2 aromatic rings. The lowest BCUT2D eigenvalue weighted by molar-refractivity contribution is 0.555. The number of benzene rings is 1. The lowest BCUT2D eigenvalue weighted by Crippen LogP contribution is -2.28. The van der Waals surface area contributed by atoms with Gasteiger partial charge in [-0.25, -0.2) is 4.98 Å². The third-order valence-electron chi connectivity index (χ3n) is 3.40. The number of anilines is 2. The van der Waals surface area contributed by atoms with Crippen molar-refractivity contribution in [3.8, 4) is 0 Å². The van der Waals surface area contributed by atoms with E-state index in [0.717, 1.165) is 22.4 Å². The number of nitrogens with zero attached hydrogens (tertiary/aromatic N) is 1. The molecular weight excluding hydrogens is 314 g/mol. The largest absolute Gasteiger partial charge is 0.397 e. The molecule has 0 saturated heterocycles. The topological polar surface area (TPSA) is 50.9 Å². The Morgan fingerprint density at radius 3 is 2.70 bits per heavy atom. The summed E-state index contributed by atoms with van der Waals surface area (Å²) in [5.41, 5.74) is 8.78. The highest BCUT2D eigenvalue weighted by Gasteiger charge is 2.21. The highest BCUT2D eigenvalue weighted by atomic mass is 79.9. The summed E-state index contributed by atoms with van der Waals surface area (Å²) >= 11 is 3.52. The molecular formula is C16H20BrN3. The van der Waals surface area contributed by atoms with Crippen molar-refractivity contribution in [3.63, 3.8) is 0 Å². The van der Waals surface area contributed by atoms with Gasteiger partial charge in [0.25, 0.3) is 0 Å². The molecule has 0 spiro atoms. The highest BCUT2D eigenvalue weighted by Crippen LogP contribution is 2.26. The number of rotatable bonds is 4. The maximum absolute atomic E-state index is 5.72. The van der Waals surface area contributed by atoms with Crippen LogP contribution in [0.2, 0.25) is 0 Å². The Kier molecular flexibility index (Phi) is 4.33. The normalized spacial score (nSPS) is 11.4. The first-order valence-corrected chi connectivity index (χ1v) is 7.40. The monoisotopic (exact) mass is 333 g/mol. The number of aryl methyl sites for hydroxylation is 1. The predicted octanol–water partition coefficient (Wildman–Crippen LogP) is 4.12. The second-order valence-corrected chi connectivity index (χ2v) is 6.60. The molecule has 0 fully saturated rings. The molecule has 1 heterocycles. The predicted molar refractivity (Wildman–Crippen MR) is 89.0 cm³/mol. The number of hydrogen-bond donors (Lipinski definition) is 2. The molecule has 0 saturated carbocycles. The number of aromatic nitrogens is 1. The summed E-state index contributed by atoms with van der Waals surface area (Å²) in [5.74, 6) is 0.891. The molecule has 0 bridgehead atoms. The molecule has 1 aromatic heterocycles. The average molecular weight is 334 g/mol. The van der Waals surface area contributed by atoms with Crippen molar-refractivity contribution in [2.45, 2.75) is 26.2 Å². The Labute approximate surface area is 128 Å². The fraction of sp³-hybridized carbons (Fsp3) is 0.312. The molecule has 0 unspecified atom stereocenters. The Morgan fingerprint density at radius 1 is 1.30 bits per heavy atom. The molecule has 3 N–H and O–H groups in total. The van der Waals surface area contributed by atoms with Crippen LogP contribution in [0.3, 0.4) is 0 Å². The van der Waals surface area contributed by atoms with E-state index in [1.807, 2.05) is 19.1 Å². The van der Waals surface area contributed by atoms with Gasteiger partial charge in [0.1, 0.15) is 5.82 Å². The van der Waals surface area contributed by atoms with Crippen LogP contribution < -0.4 is 11.1 Å². The zero-order chi connectivity index (χ0) is 14.8. The van der Waals surface area contributed by atoms with Crippen molar-refractivity contribution >= 4 is 27.4 Å². The average Bonchev–Trinajstić information content (AvgIpc) is 2.37. The Bertz CT molecular complexity index is 608. The van der Waals surface area contributed by atoms with Crippen molar-refractivity contribution in [2.75, 3.05) is 17.6 Å². The zero-order valence-electron chi connectivity index (χ0n) is 12.1. The van der Waals surface area contributed by atoms with E-state index in [9.17, 15) is 0 Å². The van der Waals surface area contributed by atoms with Crippen molar-refractivity contribution in [3.05, 3.63) is 52.1 Å². The van der Waals surface area contributed by atoms with E-state index in [0.29, 0.717) is 5.69 Å².